The normalized spacial score (nSPS) is 18.6. The molecule has 0 N–H and O–H groups in total. The third-order valence-corrected chi connectivity index (χ3v) is 13.6. The summed E-state index contributed by atoms with van der Waals surface area (Å²) in [7, 11) is 0. The molecule has 3 aliphatic heterocycles. The number of fused-ring (bicyclic) bond motifs is 14. The van der Waals surface area contributed by atoms with Crippen LogP contribution in [0.25, 0.3) is 58.6 Å². The fourth-order valence-corrected chi connectivity index (χ4v) is 10.4. The Balaban J connectivity index is 1.35. The van der Waals surface area contributed by atoms with Crippen LogP contribution in [0.4, 0.5) is 34.1 Å². The minimum atomic E-state index is -1.65. The molecule has 5 nitrogen and oxygen atoms in total. The fourth-order valence-electron chi connectivity index (χ4n) is 9.37. The van der Waals surface area contributed by atoms with Gasteiger partial charge < -0.3 is 18.8 Å². The van der Waals surface area contributed by atoms with Gasteiger partial charge in [0.2, 0.25) is 0 Å². The largest absolute Gasteiger partial charge is 0.468 e. The number of hydrogen-bond acceptors (Lipinski definition) is 5. The Labute approximate surface area is 405 Å². The molecule has 0 aliphatic carbocycles. The quantitative estimate of drug-likeness (QED) is 0.154. The number of para-hydroxylation sites is 1. The molecule has 0 amide bonds. The van der Waals surface area contributed by atoms with Crippen molar-refractivity contribution in [3.05, 3.63) is 143 Å². The first-order valence-corrected chi connectivity index (χ1v) is 21.7. The number of aromatic nitrogens is 1. The van der Waals surface area contributed by atoms with Crippen LogP contribution in [0, 0.1) is 11.3 Å². The van der Waals surface area contributed by atoms with Crippen molar-refractivity contribution in [2.75, 3.05) is 9.80 Å². The van der Waals surface area contributed by atoms with Crippen molar-refractivity contribution in [2.24, 2.45) is 0 Å². The molecule has 64 heavy (non-hydrogen) atoms. The first kappa shape index (κ1) is 22.7. The topological polar surface area (TPSA) is 48.3 Å². The van der Waals surface area contributed by atoms with Gasteiger partial charge in [-0.05, 0) is 110 Å². The van der Waals surface area contributed by atoms with Crippen molar-refractivity contribution in [2.45, 2.75) is 78.6 Å². The number of furan rings is 1. The molecule has 0 atom stereocenters. The smallest absolute Gasteiger partial charge is 0.297 e. The molecule has 13 rings (SSSR count). The predicted octanol–water partition coefficient (Wildman–Crippen LogP) is 14.1. The number of nitrogens with zero attached hydrogens (tertiary/aromatic N) is 4. The monoisotopic (exact) mass is 866 g/mol. The highest BCUT2D eigenvalue weighted by Gasteiger charge is 2.49. The molecule has 0 saturated carbocycles. The fraction of sp³-hybridized carbons (Fsp3) is 0.211. The van der Waals surface area contributed by atoms with E-state index in [9.17, 15) is 27.2 Å². The highest BCUT2D eigenvalue weighted by atomic mass is 32.1. The molecule has 0 bridgehead atoms. The number of benzene rings is 7. The summed E-state index contributed by atoms with van der Waals surface area (Å²) in [6.07, 6.45) is 0. The predicted molar refractivity (Wildman–Crippen MR) is 272 cm³/mol. The number of rotatable bonds is 1. The Hall–Kier alpha value is -6.75. The number of anilines is 6. The maximum atomic E-state index is 11.4. The van der Waals surface area contributed by atoms with E-state index >= 15 is 0 Å². The third kappa shape index (κ3) is 4.90. The zero-order chi connectivity index (χ0) is 61.3. The Morgan fingerprint density at radius 1 is 0.578 bits per heavy atom. The van der Waals surface area contributed by atoms with Gasteiger partial charge in [-0.1, -0.05) is 117 Å². The van der Waals surface area contributed by atoms with Gasteiger partial charge in [0, 0.05) is 43.0 Å². The summed E-state index contributed by atoms with van der Waals surface area (Å²) in [5, 5.41) is 10.9. The standard InChI is InChI=1S/C57H47BN4OS/c1-55(2,3)32-20-22-41-37(26-32)38-28-34(57(7,8)9)29-46-50(38)60(41)42-17-13-16-40-52(42)62(46)45-25-31(30-59)24-44-49(45)58(40)54-51(39-27-33(56(4,5)6)21-23-47(39)63-54)61(44)43-18-12-15-36-35-14-10-11-19-48(35)64-53(36)43/h10-29H,1-9H3/i10D,11D,12D,13D,14D,15D,16D,17D,18D,19D,20D,21D,22D,23D,24D,25D,26D,27D,28D,29D. The minimum Gasteiger partial charge on any atom is -0.468 e. The third-order valence-electron chi connectivity index (χ3n) is 12.4. The first-order valence-electron chi connectivity index (χ1n) is 30.9. The SMILES string of the molecule is [2H]c1c([2H])c2c3c(c1[2H])-n1c4c([2H])c([2H])c(C(C)(C)C)c([2H])c4c4c([2H])c(C(C)(C)C)c([2H])c(c41)N3c1c([2H])c(C#N)c([2H])c3c1B2c1oc2c([2H])c([2H])c(C(C)(C)C)c([2H])c2c1N3c1c([2H])c([2H])c([2H])c2c1sc1c([2H])c([2H])c([2H])c([2H])c12. The average molecular weight is 867 g/mol. The number of hydrogen-bond donors (Lipinski definition) is 0. The lowest BCUT2D eigenvalue weighted by Gasteiger charge is -2.45. The molecule has 3 aromatic heterocycles. The lowest BCUT2D eigenvalue weighted by molar-refractivity contribution is 0.590. The van der Waals surface area contributed by atoms with E-state index in [1.807, 2.05) is 6.07 Å². The molecule has 7 heteroatoms. The average Bonchev–Trinajstić information content (AvgIpc) is 1.26. The van der Waals surface area contributed by atoms with E-state index in [1.54, 1.807) is 62.3 Å². The summed E-state index contributed by atoms with van der Waals surface area (Å²) in [4.78, 5) is 2.64. The number of thiophene rings is 1. The Kier molecular flexibility index (Phi) is 4.36. The van der Waals surface area contributed by atoms with Gasteiger partial charge in [-0.2, -0.15) is 5.26 Å². The second-order valence-corrected chi connectivity index (χ2v) is 20.7. The first-order chi connectivity index (χ1) is 39.0. The number of nitriles is 1. The van der Waals surface area contributed by atoms with Gasteiger partial charge in [0.15, 0.2) is 0 Å². The van der Waals surface area contributed by atoms with Crippen LogP contribution in [0.1, 0.15) is 112 Å². The van der Waals surface area contributed by atoms with Crippen LogP contribution in [0.3, 0.4) is 0 Å². The summed E-state index contributed by atoms with van der Waals surface area (Å²) in [6, 6.07) is -8.36. The molecular formula is C57H47BN4OS. The highest BCUT2D eigenvalue weighted by molar-refractivity contribution is 7.26. The second-order valence-electron chi connectivity index (χ2n) is 19.7. The lowest BCUT2D eigenvalue weighted by Crippen LogP contribution is -2.61. The van der Waals surface area contributed by atoms with Crippen LogP contribution < -0.4 is 26.4 Å². The van der Waals surface area contributed by atoms with Gasteiger partial charge in [0.25, 0.3) is 6.71 Å². The van der Waals surface area contributed by atoms with Crippen molar-refractivity contribution in [1.82, 2.24) is 4.57 Å². The van der Waals surface area contributed by atoms with Crippen LogP contribution in [-0.2, 0) is 16.2 Å². The molecule has 0 fully saturated rings. The summed E-state index contributed by atoms with van der Waals surface area (Å²) in [6.45, 7) is 14.2. The van der Waals surface area contributed by atoms with Gasteiger partial charge in [0.05, 0.1) is 88.9 Å². The molecule has 6 heterocycles. The van der Waals surface area contributed by atoms with Crippen LogP contribution >= 0.6 is 11.3 Å². The van der Waals surface area contributed by atoms with Crippen molar-refractivity contribution in [3.8, 4) is 11.8 Å². The lowest BCUT2D eigenvalue weighted by atomic mass is 9.35. The van der Waals surface area contributed by atoms with Crippen LogP contribution in [-0.4, -0.2) is 11.3 Å². The molecule has 0 unspecified atom stereocenters. The molecule has 7 aromatic carbocycles. The molecule has 10 aromatic rings. The Bertz CT molecular complexity index is 4960. The van der Waals surface area contributed by atoms with Crippen LogP contribution in [0.15, 0.2) is 125 Å². The van der Waals surface area contributed by atoms with Gasteiger partial charge in [-0.25, -0.2) is 0 Å². The van der Waals surface area contributed by atoms with Crippen molar-refractivity contribution in [1.29, 1.82) is 5.26 Å². The highest BCUT2D eigenvalue weighted by Crippen LogP contribution is 2.55. The van der Waals surface area contributed by atoms with Gasteiger partial charge in [-0.15, -0.1) is 11.3 Å². The van der Waals surface area contributed by atoms with E-state index in [0.717, 1.165) is 11.3 Å². The van der Waals surface area contributed by atoms with Gasteiger partial charge >= 0.3 is 0 Å². The maximum Gasteiger partial charge on any atom is 0.297 e. The van der Waals surface area contributed by atoms with Crippen molar-refractivity contribution < 1.29 is 31.8 Å². The summed E-state index contributed by atoms with van der Waals surface area (Å²) in [5.74, 6) is 0. The van der Waals surface area contributed by atoms with Crippen molar-refractivity contribution >= 4 is 122 Å². The van der Waals surface area contributed by atoms with E-state index in [1.165, 1.54) is 14.4 Å². The van der Waals surface area contributed by atoms with E-state index in [4.69, 9.17) is 9.90 Å². The zero-order valence-electron chi connectivity index (χ0n) is 56.2. The molecule has 310 valence electrons. The van der Waals surface area contributed by atoms with Crippen LogP contribution in [0.5, 0.6) is 0 Å². The Morgan fingerprint density at radius 3 is 1.95 bits per heavy atom. The van der Waals surface area contributed by atoms with Gasteiger partial charge in [-0.3, -0.25) is 0 Å². The van der Waals surface area contributed by atoms with E-state index in [0.29, 0.717) is 0 Å². The van der Waals surface area contributed by atoms with E-state index in [2.05, 4.69) is 0 Å². The van der Waals surface area contributed by atoms with Gasteiger partial charge in [0.1, 0.15) is 5.58 Å². The molecule has 0 spiro atoms. The molecule has 3 aliphatic rings. The zero-order valence-corrected chi connectivity index (χ0v) is 37.0. The summed E-state index contributed by atoms with van der Waals surface area (Å²) in [5.41, 5.74) is -6.05. The second kappa shape index (κ2) is 12.3. The molecular weight excluding hydrogens is 800 g/mol. The maximum absolute atomic E-state index is 11.4. The minimum absolute atomic E-state index is 0.0212. The van der Waals surface area contributed by atoms with E-state index in [-0.39, 0.29) is 156 Å². The molecule has 0 radical (unpaired) electrons. The van der Waals surface area contributed by atoms with Crippen LogP contribution in [0.2, 0.25) is 0 Å². The van der Waals surface area contributed by atoms with E-state index < -0.39 is 119 Å². The van der Waals surface area contributed by atoms with Crippen molar-refractivity contribution in [3.63, 3.8) is 0 Å². The summed E-state index contributed by atoms with van der Waals surface area (Å²) < 4.78 is 202. The summed E-state index contributed by atoms with van der Waals surface area (Å²) >= 11 is 0.756. The Morgan fingerprint density at radius 2 is 1.22 bits per heavy atom. The molecule has 0 saturated heterocycles.